The van der Waals surface area contributed by atoms with Crippen molar-refractivity contribution in [3.8, 4) is 0 Å². The van der Waals surface area contributed by atoms with Crippen LogP contribution in [-0.2, 0) is 9.53 Å². The average Bonchev–Trinajstić information content (AvgIpc) is 2.58. The quantitative estimate of drug-likeness (QED) is 0.575. The summed E-state index contributed by atoms with van der Waals surface area (Å²) in [5.74, 6) is 0.733. The zero-order valence-electron chi connectivity index (χ0n) is 8.30. The first-order chi connectivity index (χ1) is 6.08. The van der Waals surface area contributed by atoms with E-state index in [9.17, 15) is 4.79 Å². The molecule has 4 bridgehead atoms. The SMILES string of the molecule is C[C@@]12CC[C@@H]3C[C@]1(C=O)OC[C@]32C. The molecule has 0 amide bonds. The molecule has 3 rings (SSSR count). The van der Waals surface area contributed by atoms with Crippen LogP contribution >= 0.6 is 0 Å². The number of rotatable bonds is 1. The van der Waals surface area contributed by atoms with Crippen LogP contribution in [0.3, 0.4) is 0 Å². The summed E-state index contributed by atoms with van der Waals surface area (Å²) < 4.78 is 5.76. The Morgan fingerprint density at radius 2 is 2.23 bits per heavy atom. The van der Waals surface area contributed by atoms with Gasteiger partial charge in [-0.1, -0.05) is 13.8 Å². The largest absolute Gasteiger partial charge is 0.366 e. The van der Waals surface area contributed by atoms with E-state index >= 15 is 0 Å². The van der Waals surface area contributed by atoms with Gasteiger partial charge in [0.25, 0.3) is 0 Å². The van der Waals surface area contributed by atoms with Crippen LogP contribution in [0.5, 0.6) is 0 Å². The first-order valence-corrected chi connectivity index (χ1v) is 5.18. The molecule has 72 valence electrons. The van der Waals surface area contributed by atoms with E-state index in [1.807, 2.05) is 0 Å². The lowest BCUT2D eigenvalue weighted by Crippen LogP contribution is -2.44. The molecule has 0 unspecified atom stereocenters. The van der Waals surface area contributed by atoms with E-state index in [0.29, 0.717) is 0 Å². The lowest BCUT2D eigenvalue weighted by Gasteiger charge is -2.36. The van der Waals surface area contributed by atoms with E-state index in [1.54, 1.807) is 0 Å². The second-order valence-corrected chi connectivity index (χ2v) is 5.49. The zero-order chi connectivity index (χ0) is 9.32. The fourth-order valence-corrected chi connectivity index (χ4v) is 4.12. The van der Waals surface area contributed by atoms with Gasteiger partial charge >= 0.3 is 0 Å². The molecule has 1 saturated heterocycles. The van der Waals surface area contributed by atoms with Crippen molar-refractivity contribution in [2.24, 2.45) is 16.7 Å². The molecular weight excluding hydrogens is 164 g/mol. The van der Waals surface area contributed by atoms with Gasteiger partial charge in [0.15, 0.2) is 6.29 Å². The van der Waals surface area contributed by atoms with E-state index in [0.717, 1.165) is 25.2 Å². The third-order valence-corrected chi connectivity index (χ3v) is 5.46. The predicted octanol–water partition coefficient (Wildman–Crippen LogP) is 1.78. The van der Waals surface area contributed by atoms with Gasteiger partial charge in [0, 0.05) is 10.8 Å². The highest BCUT2D eigenvalue weighted by molar-refractivity contribution is 5.68. The third kappa shape index (κ3) is 0.541. The van der Waals surface area contributed by atoms with Crippen LogP contribution in [0.15, 0.2) is 0 Å². The fourth-order valence-electron chi connectivity index (χ4n) is 4.12. The lowest BCUT2D eigenvalue weighted by atomic mass is 9.67. The molecule has 0 spiro atoms. The number of ether oxygens (including phenoxy) is 1. The van der Waals surface area contributed by atoms with Gasteiger partial charge in [-0.25, -0.2) is 0 Å². The minimum Gasteiger partial charge on any atom is -0.366 e. The van der Waals surface area contributed by atoms with Gasteiger partial charge < -0.3 is 9.53 Å². The van der Waals surface area contributed by atoms with Gasteiger partial charge in [-0.2, -0.15) is 0 Å². The van der Waals surface area contributed by atoms with Crippen molar-refractivity contribution in [2.45, 2.75) is 38.7 Å². The Kier molecular flexibility index (Phi) is 1.14. The highest BCUT2D eigenvalue weighted by Crippen LogP contribution is 2.74. The second kappa shape index (κ2) is 1.85. The Hall–Kier alpha value is -0.370. The summed E-state index contributed by atoms with van der Waals surface area (Å²) in [6.45, 7) is 5.36. The smallest absolute Gasteiger partial charge is 0.152 e. The van der Waals surface area contributed by atoms with Crippen LogP contribution in [0.4, 0.5) is 0 Å². The van der Waals surface area contributed by atoms with Gasteiger partial charge in [0.2, 0.25) is 0 Å². The number of hydrogen-bond donors (Lipinski definition) is 0. The molecule has 4 atom stereocenters. The molecule has 2 aliphatic carbocycles. The first kappa shape index (κ1) is 7.98. The Morgan fingerprint density at radius 3 is 2.69 bits per heavy atom. The molecule has 2 saturated carbocycles. The minimum absolute atomic E-state index is 0.131. The zero-order valence-corrected chi connectivity index (χ0v) is 8.30. The maximum Gasteiger partial charge on any atom is 0.152 e. The van der Waals surface area contributed by atoms with Crippen molar-refractivity contribution in [2.75, 3.05) is 6.61 Å². The molecule has 0 N–H and O–H groups in total. The molecule has 1 heterocycles. The minimum atomic E-state index is -0.412. The van der Waals surface area contributed by atoms with Crippen molar-refractivity contribution >= 4 is 6.29 Å². The molecule has 2 nitrogen and oxygen atoms in total. The van der Waals surface area contributed by atoms with Crippen LogP contribution in [0.1, 0.15) is 33.1 Å². The summed E-state index contributed by atoms with van der Waals surface area (Å²) in [6, 6.07) is 0. The van der Waals surface area contributed by atoms with Gasteiger partial charge in [0.05, 0.1) is 6.61 Å². The maximum absolute atomic E-state index is 11.2. The third-order valence-electron chi connectivity index (χ3n) is 5.46. The predicted molar refractivity (Wildman–Crippen MR) is 48.3 cm³/mol. The summed E-state index contributed by atoms with van der Waals surface area (Å²) in [4.78, 5) is 11.2. The summed E-state index contributed by atoms with van der Waals surface area (Å²) in [6.07, 6.45) is 4.53. The maximum atomic E-state index is 11.2. The highest BCUT2D eigenvalue weighted by atomic mass is 16.5. The van der Waals surface area contributed by atoms with E-state index < -0.39 is 5.60 Å². The van der Waals surface area contributed by atoms with Gasteiger partial charge in [-0.15, -0.1) is 0 Å². The van der Waals surface area contributed by atoms with Crippen LogP contribution in [0.25, 0.3) is 0 Å². The van der Waals surface area contributed by atoms with Crippen molar-refractivity contribution in [3.63, 3.8) is 0 Å². The lowest BCUT2D eigenvalue weighted by molar-refractivity contribution is -0.139. The molecule has 3 aliphatic rings. The second-order valence-electron chi connectivity index (χ2n) is 5.49. The Bertz CT molecular complexity index is 288. The number of hydrogen-bond acceptors (Lipinski definition) is 2. The van der Waals surface area contributed by atoms with Crippen molar-refractivity contribution in [1.29, 1.82) is 0 Å². The normalized spacial score (nSPS) is 63.1. The van der Waals surface area contributed by atoms with Crippen molar-refractivity contribution in [3.05, 3.63) is 0 Å². The molecule has 0 aromatic heterocycles. The fraction of sp³-hybridized carbons (Fsp3) is 0.909. The Balaban J connectivity index is 2.19. The molecule has 3 fully saturated rings. The Labute approximate surface area is 78.6 Å². The summed E-state index contributed by atoms with van der Waals surface area (Å²) in [5, 5.41) is 0. The van der Waals surface area contributed by atoms with Crippen LogP contribution in [0, 0.1) is 16.7 Å². The van der Waals surface area contributed by atoms with E-state index in [4.69, 9.17) is 4.74 Å². The van der Waals surface area contributed by atoms with E-state index in [-0.39, 0.29) is 10.8 Å². The molecule has 1 aliphatic heterocycles. The topological polar surface area (TPSA) is 26.3 Å². The number of carbonyl (C=O) groups excluding carboxylic acids is 1. The monoisotopic (exact) mass is 180 g/mol. The molecule has 0 radical (unpaired) electrons. The van der Waals surface area contributed by atoms with Crippen LogP contribution in [0.2, 0.25) is 0 Å². The molecule has 0 aromatic carbocycles. The standard InChI is InChI=1S/C11H16O2/c1-9-7-13-11(6-12)5-8(9)3-4-10(9,11)2/h6,8H,3-5,7H2,1-2H3/t8-,9-,10+,11-/m1/s1. The van der Waals surface area contributed by atoms with Gasteiger partial charge in [-0.05, 0) is 25.2 Å². The average molecular weight is 180 g/mol. The van der Waals surface area contributed by atoms with Gasteiger partial charge in [0.1, 0.15) is 5.60 Å². The summed E-state index contributed by atoms with van der Waals surface area (Å²) in [5.41, 5.74) is 0.00495. The summed E-state index contributed by atoms with van der Waals surface area (Å²) >= 11 is 0. The van der Waals surface area contributed by atoms with Crippen LogP contribution < -0.4 is 0 Å². The van der Waals surface area contributed by atoms with E-state index in [1.165, 1.54) is 12.8 Å². The van der Waals surface area contributed by atoms with E-state index in [2.05, 4.69) is 13.8 Å². The van der Waals surface area contributed by atoms with Crippen molar-refractivity contribution in [1.82, 2.24) is 0 Å². The highest BCUT2D eigenvalue weighted by Gasteiger charge is 2.75. The molecule has 13 heavy (non-hydrogen) atoms. The number of carbonyl (C=O) groups is 1. The molecular formula is C11H16O2. The molecule has 0 aromatic rings. The van der Waals surface area contributed by atoms with Crippen molar-refractivity contribution < 1.29 is 9.53 Å². The molecule has 2 heteroatoms. The number of aldehydes is 1. The first-order valence-electron chi connectivity index (χ1n) is 5.18. The summed E-state index contributed by atoms with van der Waals surface area (Å²) in [7, 11) is 0. The van der Waals surface area contributed by atoms with Crippen LogP contribution in [-0.4, -0.2) is 18.5 Å². The van der Waals surface area contributed by atoms with Gasteiger partial charge in [-0.3, -0.25) is 0 Å². The Morgan fingerprint density at radius 1 is 1.46 bits per heavy atom.